The van der Waals surface area contributed by atoms with Crippen molar-refractivity contribution in [2.24, 2.45) is 0 Å². The van der Waals surface area contributed by atoms with Crippen LogP contribution in [0.3, 0.4) is 0 Å². The Morgan fingerprint density at radius 2 is 1.78 bits per heavy atom. The first-order chi connectivity index (χ1) is 4.33. The van der Waals surface area contributed by atoms with Crippen molar-refractivity contribution in [1.82, 2.24) is 0 Å². The Hall–Kier alpha value is 0.167. The summed E-state index contributed by atoms with van der Waals surface area (Å²) in [5.74, 6) is 0. The average Bonchev–Trinajstić information content (AvgIpc) is 1.90. The summed E-state index contributed by atoms with van der Waals surface area (Å²) in [6.07, 6.45) is 0. The van der Waals surface area contributed by atoms with Gasteiger partial charge >= 0.3 is 0 Å². The topological polar surface area (TPSA) is 0 Å². The van der Waals surface area contributed by atoms with E-state index in [1.807, 2.05) is 0 Å². The van der Waals surface area contributed by atoms with Gasteiger partial charge < -0.3 is 0 Å². The molecule has 0 aliphatic carbocycles. The molecular weight excluding hydrogens is 239 g/mol. The van der Waals surface area contributed by atoms with Crippen molar-refractivity contribution in [3.05, 3.63) is 33.4 Å². The van der Waals surface area contributed by atoms with Crippen LogP contribution in [0.4, 0.5) is 0 Å². The molecule has 0 nitrogen and oxygen atoms in total. The summed E-state index contributed by atoms with van der Waals surface area (Å²) in [6, 6.07) is 10.0. The van der Waals surface area contributed by atoms with E-state index in [1.54, 1.807) is 0 Å². The fraction of sp³-hybridized carbons (Fsp3) is 0.143. The van der Waals surface area contributed by atoms with Gasteiger partial charge in [-0.15, -0.1) is 0 Å². The van der Waals surface area contributed by atoms with Crippen LogP contribution >= 0.6 is 22.6 Å². The molecule has 0 saturated heterocycles. The molecule has 0 N–H and O–H groups in total. The average molecular weight is 248 g/mol. The number of hydrogen-bond donors (Lipinski definition) is 0. The third-order valence-corrected chi connectivity index (χ3v) is 2.86. The molecule has 0 radical (unpaired) electrons. The quantitative estimate of drug-likeness (QED) is 0.516. The molecule has 48 valence electrons. The van der Waals surface area contributed by atoms with Crippen LogP contribution in [-0.2, 0) is 6.04 Å². The summed E-state index contributed by atoms with van der Waals surface area (Å²) in [7, 11) is 1.27. The molecule has 0 aromatic heterocycles. The number of hydrogen-bond acceptors (Lipinski definition) is 0. The molecule has 0 fully saturated rings. The molecule has 0 bridgehead atoms. The second kappa shape index (κ2) is 3.36. The molecule has 0 aliphatic heterocycles. The molecule has 9 heavy (non-hydrogen) atoms. The molecule has 0 saturated carbocycles. The van der Waals surface area contributed by atoms with Crippen LogP contribution in [-0.4, -0.2) is 10.2 Å². The monoisotopic (exact) mass is 248 g/mol. The van der Waals surface area contributed by atoms with Gasteiger partial charge in [-0.2, -0.15) is 0 Å². The van der Waals surface area contributed by atoms with Crippen molar-refractivity contribution >= 4 is 32.8 Å². The molecule has 1 aromatic carbocycles. The summed E-state index contributed by atoms with van der Waals surface area (Å²) < 4.78 is 1.33. The minimum Gasteiger partial charge on any atom is -0.0583 e. The van der Waals surface area contributed by atoms with E-state index in [1.165, 1.54) is 25.4 Å². The summed E-state index contributed by atoms with van der Waals surface area (Å²) in [5.41, 5.74) is 1.47. The maximum absolute atomic E-state index is 2.32. The van der Waals surface area contributed by atoms with Crippen molar-refractivity contribution in [2.45, 2.75) is 6.04 Å². The summed E-state index contributed by atoms with van der Waals surface area (Å²) in [6.45, 7) is 0. The van der Waals surface area contributed by atoms with E-state index in [-0.39, 0.29) is 0 Å². The summed E-state index contributed by atoms with van der Waals surface area (Å²) >= 11 is 2.32. The van der Waals surface area contributed by atoms with Crippen LogP contribution in [0.15, 0.2) is 24.3 Å². The van der Waals surface area contributed by atoms with E-state index in [2.05, 4.69) is 46.9 Å². The Morgan fingerprint density at radius 3 is 2.22 bits per heavy atom. The Balaban J connectivity index is 2.88. The Kier molecular flexibility index (Phi) is 2.72. The smallest absolute Gasteiger partial charge is 0.0130 e. The molecule has 0 unspecified atom stereocenters. The fourth-order valence-electron chi connectivity index (χ4n) is 0.720. The van der Waals surface area contributed by atoms with Gasteiger partial charge in [0.05, 0.1) is 0 Å². The van der Waals surface area contributed by atoms with Crippen LogP contribution in [0.5, 0.6) is 0 Å². The summed E-state index contributed by atoms with van der Waals surface area (Å²) in [4.78, 5) is 0. The van der Waals surface area contributed by atoms with E-state index < -0.39 is 0 Å². The first-order valence-corrected chi connectivity index (χ1v) is 5.56. The Bertz CT molecular complexity index is 181. The highest BCUT2D eigenvalue weighted by atomic mass is 127. The third kappa shape index (κ3) is 2.10. The van der Waals surface area contributed by atoms with Crippen LogP contribution in [0, 0.1) is 3.57 Å². The maximum Gasteiger partial charge on any atom is 0.0130 e. The standard InChI is InChI=1S/C7H9ISi/c8-7-3-1-6(5-9)2-4-7/h1-4H,5H2,9H3. The SMILES string of the molecule is [SiH3]Cc1ccc(I)cc1. The van der Waals surface area contributed by atoms with Crippen LogP contribution in [0.2, 0.25) is 0 Å². The van der Waals surface area contributed by atoms with Crippen molar-refractivity contribution in [3.8, 4) is 0 Å². The number of halogens is 1. The van der Waals surface area contributed by atoms with Gasteiger partial charge in [-0.3, -0.25) is 0 Å². The second-order valence-corrected chi connectivity index (χ2v) is 3.93. The molecule has 1 aromatic rings. The molecule has 0 spiro atoms. The van der Waals surface area contributed by atoms with Crippen molar-refractivity contribution in [3.63, 3.8) is 0 Å². The lowest BCUT2D eigenvalue weighted by molar-refractivity contribution is 1.39. The van der Waals surface area contributed by atoms with Gasteiger partial charge in [-0.1, -0.05) is 17.7 Å². The van der Waals surface area contributed by atoms with E-state index in [0.717, 1.165) is 0 Å². The normalized spacial score (nSPS) is 9.89. The predicted octanol–water partition coefficient (Wildman–Crippen LogP) is 1.16. The molecule has 0 aliphatic rings. The van der Waals surface area contributed by atoms with Gasteiger partial charge in [0.1, 0.15) is 0 Å². The lowest BCUT2D eigenvalue weighted by atomic mass is 10.2. The van der Waals surface area contributed by atoms with Crippen LogP contribution in [0.25, 0.3) is 0 Å². The zero-order valence-electron chi connectivity index (χ0n) is 5.39. The molecule has 0 atom stereocenters. The van der Waals surface area contributed by atoms with Gasteiger partial charge in [0.2, 0.25) is 0 Å². The second-order valence-electron chi connectivity index (χ2n) is 1.98. The predicted molar refractivity (Wildman–Crippen MR) is 52.8 cm³/mol. The zero-order chi connectivity index (χ0) is 6.69. The zero-order valence-corrected chi connectivity index (χ0v) is 9.55. The molecule has 2 heteroatoms. The lowest BCUT2D eigenvalue weighted by Crippen LogP contribution is -1.81. The minimum atomic E-state index is 1.27. The largest absolute Gasteiger partial charge is 0.0583 e. The van der Waals surface area contributed by atoms with Crippen LogP contribution < -0.4 is 0 Å². The van der Waals surface area contributed by atoms with Gasteiger partial charge in [0.15, 0.2) is 0 Å². The highest BCUT2D eigenvalue weighted by Crippen LogP contribution is 2.05. The summed E-state index contributed by atoms with van der Waals surface area (Å²) in [5, 5.41) is 0. The van der Waals surface area contributed by atoms with E-state index in [4.69, 9.17) is 0 Å². The molecule has 0 amide bonds. The highest BCUT2D eigenvalue weighted by molar-refractivity contribution is 14.1. The lowest BCUT2D eigenvalue weighted by Gasteiger charge is -1.93. The van der Waals surface area contributed by atoms with Crippen LogP contribution in [0.1, 0.15) is 5.56 Å². The molecule has 1 rings (SSSR count). The highest BCUT2D eigenvalue weighted by Gasteiger charge is 1.85. The van der Waals surface area contributed by atoms with Crippen molar-refractivity contribution in [1.29, 1.82) is 0 Å². The molecular formula is C7H9ISi. The van der Waals surface area contributed by atoms with E-state index in [9.17, 15) is 0 Å². The fourth-order valence-corrected chi connectivity index (χ4v) is 1.55. The minimum absolute atomic E-state index is 1.27. The Morgan fingerprint density at radius 1 is 1.22 bits per heavy atom. The first kappa shape index (κ1) is 7.28. The maximum atomic E-state index is 2.32. The van der Waals surface area contributed by atoms with Gasteiger partial charge in [0.25, 0.3) is 0 Å². The van der Waals surface area contributed by atoms with E-state index >= 15 is 0 Å². The first-order valence-electron chi connectivity index (χ1n) is 3.07. The van der Waals surface area contributed by atoms with Gasteiger partial charge in [-0.05, 0) is 40.8 Å². The number of rotatable bonds is 1. The Labute approximate surface area is 72.2 Å². The third-order valence-electron chi connectivity index (χ3n) is 1.32. The van der Waals surface area contributed by atoms with Gasteiger partial charge in [-0.25, -0.2) is 0 Å². The van der Waals surface area contributed by atoms with Crippen molar-refractivity contribution in [2.75, 3.05) is 0 Å². The van der Waals surface area contributed by atoms with Gasteiger partial charge in [0, 0.05) is 13.8 Å². The van der Waals surface area contributed by atoms with Crippen molar-refractivity contribution < 1.29 is 0 Å². The number of benzene rings is 1. The van der Waals surface area contributed by atoms with E-state index in [0.29, 0.717) is 0 Å². The molecule has 0 heterocycles.